The summed E-state index contributed by atoms with van der Waals surface area (Å²) in [6.45, 7) is 0.894. The smallest absolute Gasteiger partial charge is 0.493 e. The largest absolute Gasteiger partial charge is 0.501 e. The van der Waals surface area contributed by atoms with Crippen molar-refractivity contribution < 1.29 is 126 Å². The number of hydrogen-bond donors (Lipinski definition) is 9. The summed E-state index contributed by atoms with van der Waals surface area (Å²) in [7, 11) is -2.73. The van der Waals surface area contributed by atoms with Crippen molar-refractivity contribution in [2.75, 3.05) is 105 Å². The first-order valence-electron chi connectivity index (χ1n) is 41.1. The predicted molar refractivity (Wildman–Crippen MR) is 453 cm³/mol. The van der Waals surface area contributed by atoms with Crippen LogP contribution in [0.1, 0.15) is 95.7 Å². The molecule has 0 radical (unpaired) electrons. The summed E-state index contributed by atoms with van der Waals surface area (Å²) in [5.41, 5.74) is 8.89. The van der Waals surface area contributed by atoms with Crippen LogP contribution in [0, 0.1) is 35.5 Å². The van der Waals surface area contributed by atoms with Crippen molar-refractivity contribution >= 4 is 79.6 Å². The number of benzene rings is 7. The van der Waals surface area contributed by atoms with Gasteiger partial charge in [-0.1, -0.05) is 42.5 Å². The lowest BCUT2D eigenvalue weighted by Crippen LogP contribution is -2.60. The Morgan fingerprint density at radius 2 is 1.25 bits per heavy atom. The minimum atomic E-state index is -5.12. The van der Waals surface area contributed by atoms with E-state index in [4.69, 9.17) is 65.7 Å². The molecule has 12 atom stereocenters. The van der Waals surface area contributed by atoms with Gasteiger partial charge in [0.05, 0.1) is 110 Å². The number of anilines is 1. The monoisotopic (exact) mass is 1760 g/mol. The molecule has 34 nitrogen and oxygen atoms in total. The lowest BCUT2D eigenvalue weighted by molar-refractivity contribution is -0.916. The first kappa shape index (κ1) is 90.0. The number of carbonyl (C=O) groups excluding carboxylic acids is 5. The Balaban J connectivity index is 0.591. The SMILES string of the molecule is COc1cc2c(cc1OCc1cc(COc3cc4c(cc3OC)C(=O)N3Cc5ccccc5C[C@H]3C=N4)cc(C[N+](C)(C)Cc3ccc(OS(=O)(=O)Oc4cc(C(=O)NCCOCCOCCOCCNC(=O)[C@@H](CS(=O)(=O)O)NC(=O)OCC5[C@H]6CCC#CCC[C@@H]56)ccc4OC4O[C@H](CO)[C@H](O)[C@H](O)[C@H]4O)cc3)c1)N=C[C@@H]1Cc3ccccc3NC1C2=O. The van der Waals surface area contributed by atoms with E-state index in [1.807, 2.05) is 92.1 Å². The van der Waals surface area contributed by atoms with Crippen LogP contribution in [-0.2, 0) is 94.7 Å². The fraction of sp³-hybridized carbons (Fsp3) is 0.427. The van der Waals surface area contributed by atoms with Gasteiger partial charge < -0.3 is 107 Å². The van der Waals surface area contributed by atoms with Gasteiger partial charge in [0.15, 0.2) is 40.3 Å². The number of hydrogen-bond acceptors (Lipinski definition) is 28. The van der Waals surface area contributed by atoms with Crippen molar-refractivity contribution in [1.82, 2.24) is 20.9 Å². The molecule has 125 heavy (non-hydrogen) atoms. The highest BCUT2D eigenvalue weighted by Gasteiger charge is 2.50. The third kappa shape index (κ3) is 23.1. The molecule has 7 aliphatic rings. The van der Waals surface area contributed by atoms with E-state index >= 15 is 0 Å². The molecule has 0 spiro atoms. The molecule has 5 aliphatic heterocycles. The van der Waals surface area contributed by atoms with Crippen LogP contribution in [0.4, 0.5) is 21.9 Å². The molecular formula is C89H101N8O26S2+. The van der Waals surface area contributed by atoms with Gasteiger partial charge in [-0.15, -0.1) is 20.3 Å². The molecule has 5 heterocycles. The van der Waals surface area contributed by atoms with Crippen LogP contribution in [0.5, 0.6) is 40.2 Å². The highest BCUT2D eigenvalue weighted by molar-refractivity contribution is 7.85. The maximum absolute atomic E-state index is 14.3. The van der Waals surface area contributed by atoms with E-state index in [0.717, 1.165) is 82.4 Å². The van der Waals surface area contributed by atoms with Gasteiger partial charge in [-0.3, -0.25) is 33.7 Å². The summed E-state index contributed by atoms with van der Waals surface area (Å²) < 4.78 is 131. The number of alkyl carbamates (subject to hydrolysis) is 1. The van der Waals surface area contributed by atoms with Crippen LogP contribution >= 0.6 is 0 Å². The van der Waals surface area contributed by atoms with Crippen molar-refractivity contribution in [2.45, 2.75) is 120 Å². The van der Waals surface area contributed by atoms with E-state index in [2.05, 4.69) is 39.2 Å². The third-order valence-corrected chi connectivity index (χ3v) is 24.2. The van der Waals surface area contributed by atoms with Crippen molar-refractivity contribution in [3.8, 4) is 52.1 Å². The van der Waals surface area contributed by atoms with Crippen LogP contribution in [0.2, 0.25) is 0 Å². The Bertz CT molecular complexity index is 5290. The number of methoxy groups -OCH3 is 2. The topological polar surface area (TPSA) is 442 Å². The molecule has 7 aromatic carbocycles. The molecule has 2 fully saturated rings. The van der Waals surface area contributed by atoms with E-state index in [0.29, 0.717) is 94.3 Å². The Morgan fingerprint density at radius 3 is 1.91 bits per heavy atom. The number of carbonyl (C=O) groups is 5. The Labute approximate surface area is 723 Å². The molecule has 0 bridgehead atoms. The standard InChI is InChI=1S/C89H100N8O26S2/c1-97(2,47-54-33-55(49-117-76-41-70-66(39-74(76)112-3)81(99)80-61(43-92-70)36-58-14-11-12-18-69(58)94-80)35-56(34-54)50-118-77-42-71-67(40-75(77)113-4)87(105)96-45-60-15-10-9-13-57(60)37-62(96)44-93-71)46-53-19-22-63(23-20-53)122-125(110,111)123-78-38-59(21-24-73(78)120-88-84(102)83(101)82(100)79(48-98)121-88)85(103)90-25-27-114-29-31-116-32-30-115-28-26-91-86(104)72(52-124(107,108)109)95-89(106)119-51-68-64-16-7-5-6-8-17-65(64)68/h9-15,18-24,33-35,38-44,61-62,64-65,68,72,79-80,82-84,88,94,98,100-102H,7-8,16-17,25-32,36-37,45-52H2,1-4H3,(H3-,90,91,95,103,104,106,107,108,109)/p+1/t61-,62-,64-,65+,68?,72+,79+,80?,82-,83-,84+,88?/m0/s1. The van der Waals surface area contributed by atoms with Crippen LogP contribution < -0.4 is 53.3 Å². The minimum absolute atomic E-state index is 0.00470. The zero-order valence-corrected chi connectivity index (χ0v) is 70.9. The van der Waals surface area contributed by atoms with Gasteiger partial charge >= 0.3 is 16.5 Å². The second-order valence-electron chi connectivity index (χ2n) is 32.1. The third-order valence-electron chi connectivity index (χ3n) is 22.7. The van der Waals surface area contributed by atoms with Crippen LogP contribution in [-0.4, -0.2) is 242 Å². The summed E-state index contributed by atoms with van der Waals surface area (Å²) in [6, 6.07) is 35.9. The average Bonchev–Trinajstić information content (AvgIpc) is 1.80. The second-order valence-corrected chi connectivity index (χ2v) is 34.8. The highest BCUT2D eigenvalue weighted by atomic mass is 32.3. The number of amides is 4. The zero-order valence-electron chi connectivity index (χ0n) is 69.3. The molecule has 14 rings (SSSR count). The normalized spacial score (nSPS) is 21.8. The van der Waals surface area contributed by atoms with E-state index in [-0.39, 0.29) is 113 Å². The van der Waals surface area contributed by atoms with Gasteiger partial charge in [-0.2, -0.15) is 8.42 Å². The Hall–Kier alpha value is -11.3. The van der Waals surface area contributed by atoms with Crippen LogP contribution in [0.25, 0.3) is 0 Å². The summed E-state index contributed by atoms with van der Waals surface area (Å²) in [4.78, 5) is 79.3. The molecule has 1 saturated heterocycles. The van der Waals surface area contributed by atoms with E-state index < -0.39 is 105 Å². The number of nitrogens with zero attached hydrogens (tertiary/aromatic N) is 4. The molecule has 9 N–H and O–H groups in total. The number of para-hydroxylation sites is 1. The number of nitrogens with one attached hydrogen (secondary N) is 4. The van der Waals surface area contributed by atoms with Gasteiger partial charge in [-0.05, 0) is 150 Å². The zero-order chi connectivity index (χ0) is 88.1. The highest BCUT2D eigenvalue weighted by Crippen LogP contribution is 2.53. The van der Waals surface area contributed by atoms with Crippen molar-refractivity contribution in [2.24, 2.45) is 33.7 Å². The van der Waals surface area contributed by atoms with Crippen LogP contribution in [0.3, 0.4) is 0 Å². The first-order chi connectivity index (χ1) is 60.2. The van der Waals surface area contributed by atoms with E-state index in [1.165, 1.54) is 32.4 Å². The number of Topliss-reactive ketones (excluding diaryl/α,β-unsaturated/α-hetero) is 1. The molecular weight excluding hydrogens is 1660 g/mol. The summed E-state index contributed by atoms with van der Waals surface area (Å²) in [5, 5.41) is 52.7. The molecule has 3 unspecified atom stereocenters. The number of aliphatic imine (C=N–C) groups is 2. The maximum atomic E-state index is 14.3. The second kappa shape index (κ2) is 40.3. The first-order valence-corrected chi connectivity index (χ1v) is 44.1. The van der Waals surface area contributed by atoms with Crippen LogP contribution in [0.15, 0.2) is 143 Å². The minimum Gasteiger partial charge on any atom is -0.493 e. The van der Waals surface area contributed by atoms with E-state index in [9.17, 15) is 65.8 Å². The van der Waals surface area contributed by atoms with Crippen molar-refractivity contribution in [3.05, 3.63) is 189 Å². The summed E-state index contributed by atoms with van der Waals surface area (Å²) in [6.07, 6.45) is -1.54. The number of rotatable bonds is 38. The molecule has 0 aromatic heterocycles. The fourth-order valence-corrected chi connectivity index (χ4v) is 17.8. The number of aliphatic hydroxyl groups is 4. The predicted octanol–water partition coefficient (Wildman–Crippen LogP) is 6.67. The Morgan fingerprint density at radius 1 is 0.640 bits per heavy atom. The number of aliphatic hydroxyl groups excluding tert-OH is 4. The molecule has 36 heteroatoms. The molecule has 7 aromatic rings. The van der Waals surface area contributed by atoms with Gasteiger partial charge in [0, 0.05) is 90.9 Å². The average molecular weight is 1760 g/mol. The number of ketones is 1. The number of ether oxygens (including phenoxy) is 10. The van der Waals surface area contributed by atoms with Gasteiger partial charge in [0.25, 0.3) is 21.9 Å². The number of quaternary nitrogens is 1. The van der Waals surface area contributed by atoms with Gasteiger partial charge in [-0.25, -0.2) is 4.79 Å². The molecule has 2 aliphatic carbocycles. The maximum Gasteiger partial charge on any atom is 0.501 e. The quantitative estimate of drug-likeness (QED) is 0.00844. The number of fused-ring (bicyclic) bond motifs is 7. The van der Waals surface area contributed by atoms with Crippen molar-refractivity contribution in [1.29, 1.82) is 0 Å². The summed E-state index contributed by atoms with van der Waals surface area (Å²) >= 11 is 0. The summed E-state index contributed by atoms with van der Waals surface area (Å²) in [5.74, 6) is 4.13. The molecule has 664 valence electrons. The lowest BCUT2D eigenvalue weighted by atomic mass is 9.84. The fourth-order valence-electron chi connectivity index (χ4n) is 16.4. The lowest BCUT2D eigenvalue weighted by Gasteiger charge is -2.39. The van der Waals surface area contributed by atoms with E-state index in [1.54, 1.807) is 36.4 Å². The van der Waals surface area contributed by atoms with Crippen molar-refractivity contribution in [3.63, 3.8) is 0 Å². The van der Waals surface area contributed by atoms with Gasteiger partial charge in [0.1, 0.15) is 68.3 Å². The molecule has 4 amide bonds. The van der Waals surface area contributed by atoms with Gasteiger partial charge in [0.2, 0.25) is 12.2 Å². The Kier molecular flexibility index (Phi) is 29.0. The molecule has 1 saturated carbocycles.